The second-order valence-corrected chi connectivity index (χ2v) is 6.61. The van der Waals surface area contributed by atoms with Gasteiger partial charge in [0.15, 0.2) is 11.5 Å². The van der Waals surface area contributed by atoms with Gasteiger partial charge in [0.25, 0.3) is 0 Å². The summed E-state index contributed by atoms with van der Waals surface area (Å²) in [6, 6.07) is 10.9. The Balaban J connectivity index is 1.95. The highest BCUT2D eigenvalue weighted by Gasteiger charge is 2.11. The quantitative estimate of drug-likeness (QED) is 0.723. The highest BCUT2D eigenvalue weighted by molar-refractivity contribution is 8.00. The molecule has 0 bridgehead atoms. The van der Waals surface area contributed by atoms with E-state index < -0.39 is 0 Å². The number of hydrogen-bond donors (Lipinski definition) is 2. The predicted molar refractivity (Wildman–Crippen MR) is 104 cm³/mol. The summed E-state index contributed by atoms with van der Waals surface area (Å²) in [6.45, 7) is 3.36. The van der Waals surface area contributed by atoms with Crippen molar-refractivity contribution in [3.05, 3.63) is 42.0 Å². The van der Waals surface area contributed by atoms with Gasteiger partial charge in [0.1, 0.15) is 0 Å². The van der Waals surface area contributed by atoms with Crippen molar-refractivity contribution in [1.82, 2.24) is 0 Å². The molecule has 0 aliphatic carbocycles. The Morgan fingerprint density at radius 2 is 1.62 bits per heavy atom. The van der Waals surface area contributed by atoms with E-state index in [1.54, 1.807) is 32.4 Å². The number of carbonyl (C=O) groups excluding carboxylic acids is 2. The maximum absolute atomic E-state index is 12.2. The molecule has 26 heavy (non-hydrogen) atoms. The monoisotopic (exact) mass is 374 g/mol. The Morgan fingerprint density at radius 1 is 1.00 bits per heavy atom. The Bertz CT molecular complexity index is 791. The van der Waals surface area contributed by atoms with Crippen molar-refractivity contribution in [2.75, 3.05) is 30.6 Å². The third kappa shape index (κ3) is 5.42. The van der Waals surface area contributed by atoms with E-state index in [1.165, 1.54) is 18.7 Å². The third-order valence-electron chi connectivity index (χ3n) is 3.55. The molecule has 0 aliphatic rings. The van der Waals surface area contributed by atoms with Crippen molar-refractivity contribution in [3.8, 4) is 11.5 Å². The molecular weight excluding hydrogens is 352 g/mol. The summed E-state index contributed by atoms with van der Waals surface area (Å²) in [5, 5.41) is 5.60. The van der Waals surface area contributed by atoms with Crippen LogP contribution in [0.15, 0.2) is 41.3 Å². The van der Waals surface area contributed by atoms with Gasteiger partial charge in [0.2, 0.25) is 11.8 Å². The van der Waals surface area contributed by atoms with Crippen molar-refractivity contribution in [2.45, 2.75) is 18.7 Å². The number of hydrogen-bond acceptors (Lipinski definition) is 5. The lowest BCUT2D eigenvalue weighted by Crippen LogP contribution is -2.15. The van der Waals surface area contributed by atoms with E-state index in [4.69, 9.17) is 9.47 Å². The average molecular weight is 374 g/mol. The van der Waals surface area contributed by atoms with Crippen LogP contribution >= 0.6 is 11.8 Å². The molecule has 0 saturated carbocycles. The van der Waals surface area contributed by atoms with Gasteiger partial charge in [-0.25, -0.2) is 0 Å². The number of aryl methyl sites for hydroxylation is 1. The fourth-order valence-corrected chi connectivity index (χ4v) is 2.99. The summed E-state index contributed by atoms with van der Waals surface area (Å²) in [6.07, 6.45) is 0. The Kier molecular flexibility index (Phi) is 6.91. The molecule has 2 aromatic carbocycles. The van der Waals surface area contributed by atoms with Crippen LogP contribution in [0.25, 0.3) is 0 Å². The normalized spacial score (nSPS) is 10.2. The molecule has 7 heteroatoms. The standard InChI is InChI=1S/C19H22N2O4S/c1-12-9-17(24-3)18(25-4)10-16(12)21-19(23)11-26-15-7-5-14(6-8-15)20-13(2)22/h5-10H,11H2,1-4H3,(H,20,22)(H,21,23). The first-order valence-electron chi connectivity index (χ1n) is 7.96. The zero-order chi connectivity index (χ0) is 19.1. The summed E-state index contributed by atoms with van der Waals surface area (Å²) < 4.78 is 10.5. The fourth-order valence-electron chi connectivity index (χ4n) is 2.29. The molecule has 0 spiro atoms. The minimum absolute atomic E-state index is 0.115. The molecule has 0 radical (unpaired) electrons. The Labute approximate surface area is 157 Å². The van der Waals surface area contributed by atoms with Crippen LogP contribution in [0.2, 0.25) is 0 Å². The SMILES string of the molecule is COc1cc(C)c(NC(=O)CSc2ccc(NC(C)=O)cc2)cc1OC. The number of anilines is 2. The van der Waals surface area contributed by atoms with Crippen molar-refractivity contribution in [2.24, 2.45) is 0 Å². The lowest BCUT2D eigenvalue weighted by molar-refractivity contribution is -0.114. The maximum Gasteiger partial charge on any atom is 0.234 e. The van der Waals surface area contributed by atoms with Gasteiger partial charge in [-0.2, -0.15) is 0 Å². The minimum Gasteiger partial charge on any atom is -0.493 e. The summed E-state index contributed by atoms with van der Waals surface area (Å²) in [5.41, 5.74) is 2.31. The van der Waals surface area contributed by atoms with Crippen molar-refractivity contribution < 1.29 is 19.1 Å². The van der Waals surface area contributed by atoms with Crippen LogP contribution in [-0.4, -0.2) is 31.8 Å². The van der Waals surface area contributed by atoms with Gasteiger partial charge in [-0.1, -0.05) is 0 Å². The molecule has 0 atom stereocenters. The van der Waals surface area contributed by atoms with Gasteiger partial charge in [-0.15, -0.1) is 11.8 Å². The number of carbonyl (C=O) groups is 2. The molecule has 138 valence electrons. The van der Waals surface area contributed by atoms with Gasteiger partial charge in [-0.05, 0) is 42.8 Å². The van der Waals surface area contributed by atoms with Gasteiger partial charge >= 0.3 is 0 Å². The average Bonchev–Trinajstić information content (AvgIpc) is 2.62. The van der Waals surface area contributed by atoms with E-state index in [1.807, 2.05) is 25.1 Å². The first kappa shape index (κ1) is 19.7. The molecule has 0 unspecified atom stereocenters. The maximum atomic E-state index is 12.2. The van der Waals surface area contributed by atoms with Crippen LogP contribution < -0.4 is 20.1 Å². The molecule has 6 nitrogen and oxygen atoms in total. The lowest BCUT2D eigenvalue weighted by Gasteiger charge is -2.13. The molecular formula is C19H22N2O4S. The summed E-state index contributed by atoms with van der Waals surface area (Å²) in [7, 11) is 3.13. The number of benzene rings is 2. The molecule has 0 saturated heterocycles. The molecule has 2 aromatic rings. The summed E-state index contributed by atoms with van der Waals surface area (Å²) >= 11 is 1.42. The largest absolute Gasteiger partial charge is 0.493 e. The van der Waals surface area contributed by atoms with Crippen LogP contribution in [0.1, 0.15) is 12.5 Å². The van der Waals surface area contributed by atoms with Crippen molar-refractivity contribution in [1.29, 1.82) is 0 Å². The molecule has 0 aliphatic heterocycles. The van der Waals surface area contributed by atoms with Gasteiger partial charge in [0.05, 0.1) is 20.0 Å². The van der Waals surface area contributed by atoms with Crippen molar-refractivity contribution in [3.63, 3.8) is 0 Å². The van der Waals surface area contributed by atoms with E-state index in [9.17, 15) is 9.59 Å². The lowest BCUT2D eigenvalue weighted by atomic mass is 10.1. The summed E-state index contributed by atoms with van der Waals surface area (Å²) in [4.78, 5) is 24.2. The number of thioether (sulfide) groups is 1. The zero-order valence-electron chi connectivity index (χ0n) is 15.2. The number of methoxy groups -OCH3 is 2. The minimum atomic E-state index is -0.116. The molecule has 0 fully saturated rings. The van der Waals surface area contributed by atoms with Crippen LogP contribution in [0, 0.1) is 6.92 Å². The zero-order valence-corrected chi connectivity index (χ0v) is 16.0. The molecule has 2 amide bonds. The topological polar surface area (TPSA) is 76.7 Å². The number of rotatable bonds is 7. The van der Waals surface area contributed by atoms with E-state index in [0.29, 0.717) is 17.2 Å². The van der Waals surface area contributed by atoms with Crippen molar-refractivity contribution >= 4 is 35.0 Å². The Morgan fingerprint density at radius 3 is 2.19 bits per heavy atom. The first-order valence-corrected chi connectivity index (χ1v) is 8.94. The second kappa shape index (κ2) is 9.15. The van der Waals surface area contributed by atoms with Gasteiger partial charge in [-0.3, -0.25) is 9.59 Å². The summed E-state index contributed by atoms with van der Waals surface area (Å²) in [5.74, 6) is 1.23. The third-order valence-corrected chi connectivity index (χ3v) is 4.56. The van der Waals surface area contributed by atoms with E-state index in [-0.39, 0.29) is 17.6 Å². The number of ether oxygens (including phenoxy) is 2. The molecule has 2 rings (SSSR count). The molecule has 0 heterocycles. The highest BCUT2D eigenvalue weighted by Crippen LogP contribution is 2.33. The highest BCUT2D eigenvalue weighted by atomic mass is 32.2. The molecule has 0 aromatic heterocycles. The first-order chi connectivity index (χ1) is 12.4. The number of amides is 2. The smallest absolute Gasteiger partial charge is 0.234 e. The second-order valence-electron chi connectivity index (χ2n) is 5.56. The van der Waals surface area contributed by atoms with Gasteiger partial charge < -0.3 is 20.1 Å². The van der Waals surface area contributed by atoms with E-state index in [0.717, 1.165) is 16.1 Å². The fraction of sp³-hybridized carbons (Fsp3) is 0.263. The number of nitrogens with one attached hydrogen (secondary N) is 2. The van der Waals surface area contributed by atoms with E-state index >= 15 is 0 Å². The predicted octanol–water partition coefficient (Wildman–Crippen LogP) is 3.70. The molecule has 2 N–H and O–H groups in total. The van der Waals surface area contributed by atoms with Crippen LogP contribution in [0.3, 0.4) is 0 Å². The Hall–Kier alpha value is -2.67. The van der Waals surface area contributed by atoms with E-state index in [2.05, 4.69) is 10.6 Å². The van der Waals surface area contributed by atoms with Gasteiger partial charge in [0, 0.05) is 29.3 Å². The van der Waals surface area contributed by atoms with Crippen LogP contribution in [-0.2, 0) is 9.59 Å². The van der Waals surface area contributed by atoms with Crippen LogP contribution in [0.5, 0.6) is 11.5 Å². The van der Waals surface area contributed by atoms with Crippen LogP contribution in [0.4, 0.5) is 11.4 Å².